The van der Waals surface area contributed by atoms with Crippen molar-refractivity contribution in [2.75, 3.05) is 66.1 Å². The first-order valence-corrected chi connectivity index (χ1v) is 9.22. The lowest BCUT2D eigenvalue weighted by molar-refractivity contribution is 0.0339. The number of phenolic OH excluding ortho intramolecular Hbond substituents is 1. The van der Waals surface area contributed by atoms with Crippen molar-refractivity contribution in [2.24, 2.45) is 0 Å². The van der Waals surface area contributed by atoms with Crippen LogP contribution in [0.1, 0.15) is 17.5 Å². The SMILES string of the molecule is CN1CCN(CCCc2ccc(O)c(CN3CCOCC3)c2)CC1.Cl. The Morgan fingerprint density at radius 3 is 2.44 bits per heavy atom. The lowest BCUT2D eigenvalue weighted by Gasteiger charge is -2.32. The van der Waals surface area contributed by atoms with Crippen LogP contribution in [-0.4, -0.2) is 85.9 Å². The summed E-state index contributed by atoms with van der Waals surface area (Å²) in [4.78, 5) is 7.32. The number of halogens is 1. The molecule has 0 saturated carbocycles. The van der Waals surface area contributed by atoms with Crippen molar-refractivity contribution in [3.05, 3.63) is 29.3 Å². The predicted molar refractivity (Wildman–Crippen MR) is 104 cm³/mol. The zero-order valence-corrected chi connectivity index (χ0v) is 16.1. The monoisotopic (exact) mass is 369 g/mol. The van der Waals surface area contributed by atoms with Gasteiger partial charge in [0.2, 0.25) is 0 Å². The number of phenols is 1. The fourth-order valence-electron chi connectivity index (χ4n) is 3.50. The van der Waals surface area contributed by atoms with Crippen molar-refractivity contribution >= 4 is 12.4 Å². The van der Waals surface area contributed by atoms with E-state index in [9.17, 15) is 5.11 Å². The molecule has 5 nitrogen and oxygen atoms in total. The highest BCUT2D eigenvalue weighted by Gasteiger charge is 2.14. The maximum Gasteiger partial charge on any atom is 0.120 e. The molecule has 0 bridgehead atoms. The van der Waals surface area contributed by atoms with Crippen LogP contribution in [0.3, 0.4) is 0 Å². The van der Waals surface area contributed by atoms with Crippen molar-refractivity contribution in [3.8, 4) is 5.75 Å². The van der Waals surface area contributed by atoms with Crippen LogP contribution in [0.4, 0.5) is 0 Å². The number of morpholine rings is 1. The van der Waals surface area contributed by atoms with E-state index < -0.39 is 0 Å². The first-order valence-electron chi connectivity index (χ1n) is 9.22. The summed E-state index contributed by atoms with van der Waals surface area (Å²) in [5, 5.41) is 10.1. The molecule has 2 aliphatic rings. The highest BCUT2D eigenvalue weighted by atomic mass is 35.5. The molecule has 2 saturated heterocycles. The quantitative estimate of drug-likeness (QED) is 0.828. The minimum Gasteiger partial charge on any atom is -0.508 e. The Morgan fingerprint density at radius 2 is 1.72 bits per heavy atom. The van der Waals surface area contributed by atoms with E-state index in [-0.39, 0.29) is 12.4 Å². The van der Waals surface area contributed by atoms with E-state index >= 15 is 0 Å². The normalized spacial score (nSPS) is 20.4. The van der Waals surface area contributed by atoms with Crippen LogP contribution in [0, 0.1) is 0 Å². The van der Waals surface area contributed by atoms with E-state index in [0.717, 1.165) is 44.8 Å². The molecule has 0 aliphatic carbocycles. The number of hydrogen-bond donors (Lipinski definition) is 1. The molecule has 1 aromatic rings. The number of aromatic hydroxyl groups is 1. The van der Waals surface area contributed by atoms with Gasteiger partial charge < -0.3 is 19.6 Å². The lowest BCUT2D eigenvalue weighted by atomic mass is 10.0. The molecule has 25 heavy (non-hydrogen) atoms. The summed E-state index contributed by atoms with van der Waals surface area (Å²) in [6, 6.07) is 6.12. The number of piperazine rings is 1. The number of rotatable bonds is 6. The third kappa shape index (κ3) is 6.42. The van der Waals surface area contributed by atoms with Gasteiger partial charge in [-0.15, -0.1) is 12.4 Å². The van der Waals surface area contributed by atoms with Crippen molar-refractivity contribution in [2.45, 2.75) is 19.4 Å². The molecule has 142 valence electrons. The molecule has 0 spiro atoms. The Bertz CT molecular complexity index is 515. The minimum atomic E-state index is 0. The van der Waals surface area contributed by atoms with Crippen LogP contribution in [-0.2, 0) is 17.7 Å². The summed E-state index contributed by atoms with van der Waals surface area (Å²) < 4.78 is 5.40. The van der Waals surface area contributed by atoms with Gasteiger partial charge in [0.25, 0.3) is 0 Å². The van der Waals surface area contributed by atoms with Gasteiger partial charge in [-0.25, -0.2) is 0 Å². The molecule has 3 rings (SSSR count). The molecule has 0 atom stereocenters. The predicted octanol–water partition coefficient (Wildman–Crippen LogP) is 1.83. The Labute approximate surface area is 158 Å². The van der Waals surface area contributed by atoms with Crippen LogP contribution in [0.25, 0.3) is 0 Å². The van der Waals surface area contributed by atoms with E-state index in [2.05, 4.69) is 33.9 Å². The Kier molecular flexibility index (Phi) is 8.46. The third-order valence-corrected chi connectivity index (χ3v) is 5.18. The fourth-order valence-corrected chi connectivity index (χ4v) is 3.50. The summed E-state index contributed by atoms with van der Waals surface area (Å²) in [7, 11) is 2.20. The van der Waals surface area contributed by atoms with Crippen LogP contribution < -0.4 is 0 Å². The van der Waals surface area contributed by atoms with Crippen LogP contribution in [0.5, 0.6) is 5.75 Å². The standard InChI is InChI=1S/C19H31N3O2.ClH/c1-20-7-9-21(10-8-20)6-2-3-17-4-5-19(23)18(15-17)16-22-11-13-24-14-12-22;/h4-5,15,23H,2-3,6-14,16H2,1H3;1H. The second kappa shape index (κ2) is 10.3. The number of likely N-dealkylation sites (N-methyl/N-ethyl adjacent to an activating group) is 1. The lowest BCUT2D eigenvalue weighted by Crippen LogP contribution is -2.44. The molecule has 0 radical (unpaired) electrons. The van der Waals surface area contributed by atoms with Gasteiger partial charge >= 0.3 is 0 Å². The Morgan fingerprint density at radius 1 is 1.00 bits per heavy atom. The maximum atomic E-state index is 10.1. The largest absolute Gasteiger partial charge is 0.508 e. The summed E-state index contributed by atoms with van der Waals surface area (Å²) in [6.07, 6.45) is 2.27. The van der Waals surface area contributed by atoms with Gasteiger partial charge in [0.05, 0.1) is 13.2 Å². The van der Waals surface area contributed by atoms with Gasteiger partial charge in [-0.05, 0) is 38.1 Å². The molecular weight excluding hydrogens is 338 g/mol. The van der Waals surface area contributed by atoms with E-state index in [4.69, 9.17) is 4.74 Å². The molecule has 0 aromatic heterocycles. The average molecular weight is 370 g/mol. The average Bonchev–Trinajstić information content (AvgIpc) is 2.60. The van der Waals surface area contributed by atoms with Crippen molar-refractivity contribution < 1.29 is 9.84 Å². The van der Waals surface area contributed by atoms with E-state index in [1.54, 1.807) is 0 Å². The highest BCUT2D eigenvalue weighted by Crippen LogP contribution is 2.21. The number of ether oxygens (including phenoxy) is 1. The van der Waals surface area contributed by atoms with Gasteiger partial charge in [-0.1, -0.05) is 12.1 Å². The number of aryl methyl sites for hydroxylation is 1. The molecule has 2 aliphatic heterocycles. The zero-order valence-electron chi connectivity index (χ0n) is 15.3. The Hall–Kier alpha value is -0.850. The maximum absolute atomic E-state index is 10.1. The number of hydrogen-bond acceptors (Lipinski definition) is 5. The van der Waals surface area contributed by atoms with Gasteiger partial charge in [-0.2, -0.15) is 0 Å². The van der Waals surface area contributed by atoms with Crippen molar-refractivity contribution in [1.82, 2.24) is 14.7 Å². The number of nitrogens with zero attached hydrogens (tertiary/aromatic N) is 3. The zero-order chi connectivity index (χ0) is 16.8. The molecule has 0 amide bonds. The summed E-state index contributed by atoms with van der Waals surface area (Å²) in [5.74, 6) is 0.421. The molecule has 1 aromatic carbocycles. The smallest absolute Gasteiger partial charge is 0.120 e. The summed E-state index contributed by atoms with van der Waals surface area (Å²) in [6.45, 7) is 10.2. The molecule has 2 heterocycles. The van der Waals surface area contributed by atoms with E-state index in [1.165, 1.54) is 44.7 Å². The Balaban J connectivity index is 0.00000225. The minimum absolute atomic E-state index is 0. The third-order valence-electron chi connectivity index (χ3n) is 5.18. The first-order chi connectivity index (χ1) is 11.7. The second-order valence-electron chi connectivity index (χ2n) is 7.10. The first kappa shape index (κ1) is 20.5. The van der Waals surface area contributed by atoms with Crippen molar-refractivity contribution in [3.63, 3.8) is 0 Å². The summed E-state index contributed by atoms with van der Waals surface area (Å²) >= 11 is 0. The van der Waals surface area contributed by atoms with Crippen molar-refractivity contribution in [1.29, 1.82) is 0 Å². The molecular formula is C19H32ClN3O2. The fraction of sp³-hybridized carbons (Fsp3) is 0.684. The van der Waals surface area contributed by atoms with Crippen LogP contribution in [0.15, 0.2) is 18.2 Å². The highest BCUT2D eigenvalue weighted by molar-refractivity contribution is 5.85. The van der Waals surface area contributed by atoms with E-state index in [1.807, 2.05) is 6.07 Å². The number of benzene rings is 1. The van der Waals surface area contributed by atoms with Crippen LogP contribution in [0.2, 0.25) is 0 Å². The molecule has 6 heteroatoms. The topological polar surface area (TPSA) is 39.2 Å². The van der Waals surface area contributed by atoms with E-state index in [0.29, 0.717) is 5.75 Å². The van der Waals surface area contributed by atoms with Gasteiger partial charge in [0.1, 0.15) is 5.75 Å². The van der Waals surface area contributed by atoms with Gasteiger partial charge in [0.15, 0.2) is 0 Å². The summed E-state index contributed by atoms with van der Waals surface area (Å²) in [5.41, 5.74) is 2.39. The second-order valence-corrected chi connectivity index (χ2v) is 7.10. The molecule has 0 unspecified atom stereocenters. The van der Waals surface area contributed by atoms with Gasteiger partial charge in [0, 0.05) is 51.4 Å². The molecule has 1 N–H and O–H groups in total. The van der Waals surface area contributed by atoms with Crippen LogP contribution >= 0.6 is 12.4 Å². The van der Waals surface area contributed by atoms with Gasteiger partial charge in [-0.3, -0.25) is 4.90 Å². The molecule has 2 fully saturated rings.